The van der Waals surface area contributed by atoms with Gasteiger partial charge in [0.1, 0.15) is 0 Å². The molecule has 1 atom stereocenters. The van der Waals surface area contributed by atoms with Gasteiger partial charge in [-0.1, -0.05) is 48.7 Å². The van der Waals surface area contributed by atoms with Gasteiger partial charge >= 0.3 is 0 Å². The molecular weight excluding hydrogens is 504 g/mol. The fraction of sp³-hybridized carbons (Fsp3) is 0.484. The van der Waals surface area contributed by atoms with Gasteiger partial charge in [-0.2, -0.15) is 4.98 Å². The van der Waals surface area contributed by atoms with E-state index in [0.717, 1.165) is 75.7 Å². The fourth-order valence-corrected chi connectivity index (χ4v) is 6.30. The third kappa shape index (κ3) is 5.67. The molecule has 0 saturated heterocycles. The van der Waals surface area contributed by atoms with E-state index >= 15 is 0 Å². The van der Waals surface area contributed by atoms with Crippen molar-refractivity contribution in [2.75, 3.05) is 19.6 Å². The number of hydrogen-bond acceptors (Lipinski definition) is 8. The molecule has 1 aromatic heterocycles. The molecule has 9 nitrogen and oxygen atoms in total. The van der Waals surface area contributed by atoms with Crippen LogP contribution in [-0.2, 0) is 23.3 Å². The summed E-state index contributed by atoms with van der Waals surface area (Å²) in [6.07, 6.45) is 9.96. The van der Waals surface area contributed by atoms with Crippen LogP contribution < -0.4 is 10.8 Å². The highest BCUT2D eigenvalue weighted by Crippen LogP contribution is 2.33. The Hall–Kier alpha value is -3.56. The normalized spacial score (nSPS) is 22.4. The van der Waals surface area contributed by atoms with Crippen molar-refractivity contribution in [3.8, 4) is 11.4 Å². The number of nitrogens with zero attached hydrogens (tertiary/aromatic N) is 4. The van der Waals surface area contributed by atoms with Crippen LogP contribution in [0.5, 0.6) is 0 Å². The van der Waals surface area contributed by atoms with Crippen molar-refractivity contribution in [1.29, 1.82) is 0 Å². The number of aliphatic imine (C=N–C) groups is 1. The number of fused-ring (bicyclic) bond motifs is 1. The highest BCUT2D eigenvalue weighted by molar-refractivity contribution is 5.95. The molecule has 3 aliphatic rings. The van der Waals surface area contributed by atoms with Gasteiger partial charge in [0.25, 0.3) is 5.91 Å². The molecule has 1 saturated carbocycles. The second kappa shape index (κ2) is 11.1. The summed E-state index contributed by atoms with van der Waals surface area (Å²) in [6, 6.07) is 14.2. The molecule has 1 fully saturated rings. The molecule has 0 radical (unpaired) electrons. The predicted molar refractivity (Wildman–Crippen MR) is 153 cm³/mol. The van der Waals surface area contributed by atoms with Gasteiger partial charge in [0.15, 0.2) is 12.1 Å². The van der Waals surface area contributed by atoms with Crippen LogP contribution in [0.25, 0.3) is 11.4 Å². The molecule has 9 heteroatoms. The van der Waals surface area contributed by atoms with Crippen LogP contribution in [0.4, 0.5) is 0 Å². The minimum atomic E-state index is -0.686. The van der Waals surface area contributed by atoms with Gasteiger partial charge in [-0.05, 0) is 73.9 Å². The Balaban J connectivity index is 1.11. The van der Waals surface area contributed by atoms with Crippen molar-refractivity contribution in [3.63, 3.8) is 0 Å². The molecule has 1 aliphatic carbocycles. The van der Waals surface area contributed by atoms with Gasteiger partial charge in [-0.25, -0.2) is 4.99 Å². The lowest BCUT2D eigenvalue weighted by molar-refractivity contribution is 0.0843. The number of aryl methyl sites for hydroxylation is 1. The maximum atomic E-state index is 13.6. The minimum absolute atomic E-state index is 0.0113. The minimum Gasteiger partial charge on any atom is -0.394 e. The lowest BCUT2D eigenvalue weighted by Crippen LogP contribution is -2.51. The maximum Gasteiger partial charge on any atom is 0.251 e. The highest BCUT2D eigenvalue weighted by atomic mass is 16.7. The average molecular weight is 543 g/mol. The van der Waals surface area contributed by atoms with Crippen molar-refractivity contribution in [2.24, 2.45) is 4.99 Å². The van der Waals surface area contributed by atoms with Crippen LogP contribution in [0.2, 0.25) is 0 Å². The number of carbonyl (C=O) groups is 1. The second-order valence-electron chi connectivity index (χ2n) is 11.6. The molecule has 1 amide bonds. The molecule has 2 aliphatic heterocycles. The topological polar surface area (TPSA) is 105 Å². The first kappa shape index (κ1) is 26.7. The fourth-order valence-electron chi connectivity index (χ4n) is 6.30. The van der Waals surface area contributed by atoms with E-state index < -0.39 is 5.66 Å². The summed E-state index contributed by atoms with van der Waals surface area (Å²) in [4.78, 5) is 30.0. The smallest absolute Gasteiger partial charge is 0.251 e. The van der Waals surface area contributed by atoms with Gasteiger partial charge in [0.05, 0.1) is 0 Å². The van der Waals surface area contributed by atoms with E-state index in [0.29, 0.717) is 17.3 Å². The van der Waals surface area contributed by atoms with Crippen molar-refractivity contribution in [2.45, 2.75) is 76.4 Å². The van der Waals surface area contributed by atoms with Gasteiger partial charge in [-0.3, -0.25) is 4.79 Å². The number of hydrogen-bond donors (Lipinski definition) is 2. The first-order valence-electron chi connectivity index (χ1n) is 14.5. The summed E-state index contributed by atoms with van der Waals surface area (Å²) in [6.45, 7) is 6.74. The summed E-state index contributed by atoms with van der Waals surface area (Å²) >= 11 is 0. The Morgan fingerprint density at radius 2 is 1.90 bits per heavy atom. The first-order chi connectivity index (χ1) is 19.4. The van der Waals surface area contributed by atoms with E-state index in [4.69, 9.17) is 9.36 Å². The standard InChI is InChI=1S/C31H38N6O3/c1-22-33-28(35-40-22)25-10-9-23-11-16-37(17-12-24(23)19-25)18-15-31(13-4-3-5-14-31)34-29(38)26-7-6-8-27(20-26)30(2)32-21-39-36-30/h6-10,19-21,36H,3-5,11-18H2,1-2H3,(H,34,38). The lowest BCUT2D eigenvalue weighted by atomic mass is 9.79. The summed E-state index contributed by atoms with van der Waals surface area (Å²) in [5.74, 6) is 1.22. The number of aromatic nitrogens is 2. The first-order valence-corrected chi connectivity index (χ1v) is 14.5. The van der Waals surface area contributed by atoms with Crippen LogP contribution in [0.15, 0.2) is 52.0 Å². The van der Waals surface area contributed by atoms with Gasteiger partial charge in [0.2, 0.25) is 11.7 Å². The molecule has 40 heavy (non-hydrogen) atoms. The Kier molecular flexibility index (Phi) is 7.42. The van der Waals surface area contributed by atoms with E-state index in [1.807, 2.05) is 38.1 Å². The number of carbonyl (C=O) groups excluding carboxylic acids is 1. The van der Waals surface area contributed by atoms with Gasteiger partial charge < -0.3 is 19.6 Å². The van der Waals surface area contributed by atoms with E-state index in [1.54, 1.807) is 0 Å². The molecular formula is C31H38N6O3. The quantitative estimate of drug-likeness (QED) is 0.446. The van der Waals surface area contributed by atoms with Crippen LogP contribution in [0.3, 0.4) is 0 Å². The Morgan fingerprint density at radius 1 is 1.07 bits per heavy atom. The lowest BCUT2D eigenvalue weighted by Gasteiger charge is -2.40. The Labute approximate surface area is 235 Å². The molecule has 2 aromatic carbocycles. The molecule has 6 rings (SSSR count). The van der Waals surface area contributed by atoms with Crippen molar-refractivity contribution in [3.05, 3.63) is 70.6 Å². The number of rotatable bonds is 7. The summed E-state index contributed by atoms with van der Waals surface area (Å²) in [5, 5.41) is 7.59. The highest BCUT2D eigenvalue weighted by Gasteiger charge is 2.35. The largest absolute Gasteiger partial charge is 0.394 e. The van der Waals surface area contributed by atoms with Crippen molar-refractivity contribution >= 4 is 12.3 Å². The average Bonchev–Trinajstić information content (AvgIpc) is 3.57. The van der Waals surface area contributed by atoms with Crippen LogP contribution in [0.1, 0.15) is 78.4 Å². The van der Waals surface area contributed by atoms with Crippen LogP contribution in [0, 0.1) is 6.92 Å². The van der Waals surface area contributed by atoms with Crippen molar-refractivity contribution in [1.82, 2.24) is 25.8 Å². The molecule has 0 bridgehead atoms. The van der Waals surface area contributed by atoms with E-state index in [2.05, 4.69) is 49.0 Å². The van der Waals surface area contributed by atoms with Gasteiger partial charge in [-0.15, -0.1) is 5.48 Å². The van der Waals surface area contributed by atoms with E-state index in [1.165, 1.54) is 23.9 Å². The van der Waals surface area contributed by atoms with E-state index in [-0.39, 0.29) is 11.4 Å². The Bertz CT molecular complexity index is 1400. The zero-order valence-electron chi connectivity index (χ0n) is 23.4. The molecule has 210 valence electrons. The summed E-state index contributed by atoms with van der Waals surface area (Å²) in [7, 11) is 0. The zero-order chi connectivity index (χ0) is 27.6. The number of hydroxylamine groups is 1. The molecule has 0 spiro atoms. The predicted octanol–water partition coefficient (Wildman–Crippen LogP) is 4.70. The third-order valence-electron chi connectivity index (χ3n) is 8.79. The maximum absolute atomic E-state index is 13.6. The summed E-state index contributed by atoms with van der Waals surface area (Å²) < 4.78 is 5.18. The zero-order valence-corrected chi connectivity index (χ0v) is 23.4. The number of amides is 1. The monoisotopic (exact) mass is 542 g/mol. The molecule has 3 heterocycles. The number of nitrogens with one attached hydrogen (secondary N) is 2. The Morgan fingerprint density at radius 3 is 2.65 bits per heavy atom. The third-order valence-corrected chi connectivity index (χ3v) is 8.79. The van der Waals surface area contributed by atoms with Crippen LogP contribution >= 0.6 is 0 Å². The summed E-state index contributed by atoms with van der Waals surface area (Å²) in [5.41, 5.74) is 7.38. The molecule has 1 unspecified atom stereocenters. The van der Waals surface area contributed by atoms with Crippen LogP contribution in [-0.4, -0.2) is 52.5 Å². The second-order valence-corrected chi connectivity index (χ2v) is 11.6. The molecule has 3 aromatic rings. The van der Waals surface area contributed by atoms with Gasteiger partial charge in [0, 0.05) is 43.2 Å². The SMILES string of the molecule is Cc1nc(-c2ccc3c(c2)CCN(CCC2(NC(=O)c4cccc(C5(C)N=CON5)c4)CCCCC2)CC3)no1. The van der Waals surface area contributed by atoms with E-state index in [9.17, 15) is 4.79 Å². The van der Waals surface area contributed by atoms with Crippen molar-refractivity contribution < 1.29 is 14.2 Å². The number of benzene rings is 2. The molecule has 2 N–H and O–H groups in total.